The highest BCUT2D eigenvalue weighted by Gasteiger charge is 2.61. The van der Waals surface area contributed by atoms with E-state index in [9.17, 15) is 9.59 Å². The Labute approximate surface area is 170 Å². The number of methoxy groups -OCH3 is 2. The summed E-state index contributed by atoms with van der Waals surface area (Å²) in [4.78, 5) is 25.8. The lowest BCUT2D eigenvalue weighted by molar-refractivity contribution is -0.172. The number of Topliss-reactive ketones (excluding diaryl/α,β-unsaturated/α-hetero) is 1. The van der Waals surface area contributed by atoms with Crippen LogP contribution in [0.1, 0.15) is 55.8 Å². The van der Waals surface area contributed by atoms with Crippen LogP contribution < -0.4 is 9.47 Å². The lowest BCUT2D eigenvalue weighted by atomic mass is 9.49. The van der Waals surface area contributed by atoms with Crippen LogP contribution in [-0.4, -0.2) is 37.0 Å². The fraction of sp³-hybridized carbons (Fsp3) is 0.636. The van der Waals surface area contributed by atoms with E-state index in [-0.39, 0.29) is 16.6 Å². The van der Waals surface area contributed by atoms with Crippen molar-refractivity contribution in [1.82, 2.24) is 0 Å². The largest absolute Gasteiger partial charge is 0.497 e. The van der Waals surface area contributed by atoms with Gasteiger partial charge >= 0.3 is 5.97 Å². The summed E-state index contributed by atoms with van der Waals surface area (Å²) in [5.74, 6) is 1.46. The Hall–Kier alpha value is -1.75. The summed E-state index contributed by atoms with van der Waals surface area (Å²) in [5.41, 5.74) is -0.146. The summed E-state index contributed by atoms with van der Waals surface area (Å²) in [6.07, 6.45) is 4.62. The number of carbonyl (C=O) groups excluding carboxylic acids is 2. The number of benzene rings is 1. The lowest BCUT2D eigenvalue weighted by Gasteiger charge is -2.58. The summed E-state index contributed by atoms with van der Waals surface area (Å²) in [6, 6.07) is 4.99. The summed E-state index contributed by atoms with van der Waals surface area (Å²) in [7, 11) is 3.05. The van der Waals surface area contributed by atoms with E-state index in [0.717, 1.165) is 25.7 Å². The molecule has 5 nitrogen and oxygen atoms in total. The van der Waals surface area contributed by atoms with Crippen LogP contribution in [0.5, 0.6) is 11.5 Å². The second-order valence-corrected chi connectivity index (χ2v) is 9.67. The zero-order chi connectivity index (χ0) is 20.1. The number of ether oxygens (including phenoxy) is 3. The fourth-order valence-corrected chi connectivity index (χ4v) is 6.64. The highest BCUT2D eigenvalue weighted by molar-refractivity contribution is 6.24. The van der Waals surface area contributed by atoms with Gasteiger partial charge in [0.2, 0.25) is 5.78 Å². The molecule has 0 saturated heterocycles. The van der Waals surface area contributed by atoms with Crippen molar-refractivity contribution in [2.24, 2.45) is 17.3 Å². The first-order valence-corrected chi connectivity index (χ1v) is 10.3. The molecule has 4 bridgehead atoms. The van der Waals surface area contributed by atoms with Crippen LogP contribution in [0.2, 0.25) is 0 Å². The molecule has 5 rings (SSSR count). The van der Waals surface area contributed by atoms with Crippen LogP contribution in [0.3, 0.4) is 0 Å². The molecule has 0 radical (unpaired) electrons. The van der Waals surface area contributed by atoms with Crippen molar-refractivity contribution in [2.45, 2.75) is 56.4 Å². The standard InChI is InChI=1S/C22H27ClO5/c1-13(19(24)17-5-4-16(26-2)7-18(17)27-3)28-20(25)21-8-14-6-15(9-21)11-22(23,10-14)12-21/h4-5,7,13-15H,6,8-12H2,1-3H3/t13-,14-,15+,21?,22?/m0/s1. The van der Waals surface area contributed by atoms with Gasteiger partial charge in [-0.15, -0.1) is 11.6 Å². The Balaban J connectivity index is 1.50. The summed E-state index contributed by atoms with van der Waals surface area (Å²) in [6.45, 7) is 1.63. The number of hydrogen-bond acceptors (Lipinski definition) is 5. The molecule has 5 atom stereocenters. The van der Waals surface area contributed by atoms with Gasteiger partial charge in [-0.2, -0.15) is 0 Å². The second kappa shape index (κ2) is 6.94. The van der Waals surface area contributed by atoms with E-state index in [4.69, 9.17) is 25.8 Å². The van der Waals surface area contributed by atoms with E-state index in [2.05, 4.69) is 0 Å². The van der Waals surface area contributed by atoms with Crippen molar-refractivity contribution in [1.29, 1.82) is 0 Å². The molecule has 4 fully saturated rings. The van der Waals surface area contributed by atoms with Gasteiger partial charge in [0.25, 0.3) is 0 Å². The zero-order valence-electron chi connectivity index (χ0n) is 16.6. The van der Waals surface area contributed by atoms with E-state index in [1.807, 2.05) is 0 Å². The average molecular weight is 407 g/mol. The van der Waals surface area contributed by atoms with Gasteiger partial charge in [-0.1, -0.05) is 0 Å². The normalized spacial score (nSPS) is 34.0. The van der Waals surface area contributed by atoms with Gasteiger partial charge in [-0.05, 0) is 69.4 Å². The van der Waals surface area contributed by atoms with Gasteiger partial charge < -0.3 is 14.2 Å². The van der Waals surface area contributed by atoms with Gasteiger partial charge in [0.15, 0.2) is 6.10 Å². The maximum atomic E-state index is 13.2. The third kappa shape index (κ3) is 3.28. The topological polar surface area (TPSA) is 61.8 Å². The first kappa shape index (κ1) is 19.6. The minimum atomic E-state index is -0.880. The molecule has 1 aromatic carbocycles. The lowest BCUT2D eigenvalue weighted by Crippen LogP contribution is -2.56. The fourth-order valence-electron chi connectivity index (χ4n) is 5.95. The SMILES string of the molecule is COc1ccc(C(=O)[C@H](C)OC(=O)C23C[C@@H]4C[C@@H](CC(Cl)(C4)C2)C3)c(OC)c1. The minimum absolute atomic E-state index is 0.264. The molecule has 0 N–H and O–H groups in total. The smallest absolute Gasteiger partial charge is 0.312 e. The Kier molecular flexibility index (Phi) is 4.85. The van der Waals surface area contributed by atoms with Crippen molar-refractivity contribution >= 4 is 23.4 Å². The molecule has 28 heavy (non-hydrogen) atoms. The molecule has 4 aliphatic carbocycles. The molecule has 0 amide bonds. The molecule has 4 aliphatic rings. The maximum Gasteiger partial charge on any atom is 0.312 e. The quantitative estimate of drug-likeness (QED) is 0.398. The summed E-state index contributed by atoms with van der Waals surface area (Å²) >= 11 is 6.82. The molecule has 6 heteroatoms. The van der Waals surface area contributed by atoms with Gasteiger partial charge in [0.05, 0.1) is 25.2 Å². The van der Waals surface area contributed by atoms with Crippen molar-refractivity contribution in [3.05, 3.63) is 23.8 Å². The van der Waals surface area contributed by atoms with Crippen LogP contribution in [0.15, 0.2) is 18.2 Å². The van der Waals surface area contributed by atoms with Gasteiger partial charge in [0.1, 0.15) is 11.5 Å². The number of ketones is 1. The number of rotatable bonds is 6. The molecule has 2 unspecified atom stereocenters. The molecule has 0 aliphatic heterocycles. The predicted octanol–water partition coefficient (Wildman–Crippen LogP) is 4.40. The molecule has 0 aromatic heterocycles. The minimum Gasteiger partial charge on any atom is -0.497 e. The van der Waals surface area contributed by atoms with Gasteiger partial charge in [0, 0.05) is 10.9 Å². The first-order valence-electron chi connectivity index (χ1n) is 9.94. The zero-order valence-corrected chi connectivity index (χ0v) is 17.4. The average Bonchev–Trinajstić information content (AvgIpc) is 2.64. The summed E-state index contributed by atoms with van der Waals surface area (Å²) in [5, 5.41) is 0. The van der Waals surface area contributed by atoms with Crippen molar-refractivity contribution < 1.29 is 23.8 Å². The molecule has 4 saturated carbocycles. The molecule has 0 heterocycles. The van der Waals surface area contributed by atoms with Gasteiger partial charge in [-0.25, -0.2) is 0 Å². The Morgan fingerprint density at radius 1 is 1.11 bits per heavy atom. The first-order chi connectivity index (χ1) is 13.3. The van der Waals surface area contributed by atoms with E-state index >= 15 is 0 Å². The molecule has 1 aromatic rings. The number of esters is 1. The Morgan fingerprint density at radius 3 is 2.36 bits per heavy atom. The molecular weight excluding hydrogens is 380 g/mol. The number of alkyl halides is 1. The van der Waals surface area contributed by atoms with E-state index in [1.54, 1.807) is 32.2 Å². The van der Waals surface area contributed by atoms with Crippen LogP contribution in [0.4, 0.5) is 0 Å². The van der Waals surface area contributed by atoms with Crippen molar-refractivity contribution in [3.8, 4) is 11.5 Å². The van der Waals surface area contributed by atoms with Gasteiger partial charge in [-0.3, -0.25) is 9.59 Å². The van der Waals surface area contributed by atoms with E-state index in [1.165, 1.54) is 13.5 Å². The second-order valence-electron chi connectivity index (χ2n) is 8.87. The molecular formula is C22H27ClO5. The van der Waals surface area contributed by atoms with E-state index in [0.29, 0.717) is 35.3 Å². The molecule has 152 valence electrons. The third-order valence-corrected chi connectivity index (χ3v) is 7.19. The highest BCUT2D eigenvalue weighted by Crippen LogP contribution is 2.64. The Bertz CT molecular complexity index is 790. The van der Waals surface area contributed by atoms with E-state index < -0.39 is 11.5 Å². The van der Waals surface area contributed by atoms with Crippen LogP contribution in [0.25, 0.3) is 0 Å². The number of carbonyl (C=O) groups is 2. The predicted molar refractivity (Wildman–Crippen MR) is 105 cm³/mol. The number of halogens is 1. The van der Waals surface area contributed by atoms with Crippen LogP contribution >= 0.6 is 11.6 Å². The highest BCUT2D eigenvalue weighted by atomic mass is 35.5. The van der Waals surface area contributed by atoms with Crippen LogP contribution in [-0.2, 0) is 9.53 Å². The Morgan fingerprint density at radius 2 is 1.79 bits per heavy atom. The van der Waals surface area contributed by atoms with Crippen LogP contribution in [0, 0.1) is 17.3 Å². The number of hydrogen-bond donors (Lipinski definition) is 0. The monoisotopic (exact) mass is 406 g/mol. The van der Waals surface area contributed by atoms with Crippen molar-refractivity contribution in [2.75, 3.05) is 14.2 Å². The third-order valence-electron chi connectivity index (χ3n) is 6.75. The molecule has 0 spiro atoms. The maximum absolute atomic E-state index is 13.2. The summed E-state index contributed by atoms with van der Waals surface area (Å²) < 4.78 is 16.2. The van der Waals surface area contributed by atoms with Crippen molar-refractivity contribution in [3.63, 3.8) is 0 Å².